The lowest BCUT2D eigenvalue weighted by molar-refractivity contribution is -0.128. The number of nitrogens with one attached hydrogen (secondary N) is 1. The highest BCUT2D eigenvalue weighted by molar-refractivity contribution is 5.78. The van der Waals surface area contributed by atoms with Crippen molar-refractivity contribution in [2.75, 3.05) is 13.2 Å². The van der Waals surface area contributed by atoms with E-state index in [9.17, 15) is 4.79 Å². The van der Waals surface area contributed by atoms with Crippen LogP contribution in [0.4, 0.5) is 0 Å². The average Bonchev–Trinajstić information content (AvgIpc) is 3.15. The van der Waals surface area contributed by atoms with Gasteiger partial charge in [0.05, 0.1) is 6.10 Å². The average molecular weight is 386 g/mol. The van der Waals surface area contributed by atoms with Crippen LogP contribution in [0.15, 0.2) is 34.9 Å². The Morgan fingerprint density at radius 3 is 2.93 bits per heavy atom. The molecule has 1 saturated carbocycles. The second-order valence-corrected chi connectivity index (χ2v) is 7.39. The molecule has 1 aromatic heterocycles. The number of amides is 1. The van der Waals surface area contributed by atoms with Crippen LogP contribution < -0.4 is 11.1 Å². The molecule has 1 amide bonds. The third-order valence-corrected chi connectivity index (χ3v) is 5.10. The predicted molar refractivity (Wildman–Crippen MR) is 106 cm³/mol. The van der Waals surface area contributed by atoms with Crippen molar-refractivity contribution in [2.45, 2.75) is 57.6 Å². The van der Waals surface area contributed by atoms with E-state index in [-0.39, 0.29) is 24.0 Å². The van der Waals surface area contributed by atoms with Gasteiger partial charge in [0.15, 0.2) is 5.82 Å². The van der Waals surface area contributed by atoms with Gasteiger partial charge in [0, 0.05) is 38.0 Å². The first-order valence-corrected chi connectivity index (χ1v) is 10.2. The molecule has 2 aromatic rings. The van der Waals surface area contributed by atoms with Crippen LogP contribution in [0, 0.1) is 5.92 Å². The number of benzene rings is 1. The van der Waals surface area contributed by atoms with Crippen molar-refractivity contribution in [1.29, 1.82) is 0 Å². The molecule has 1 aliphatic rings. The summed E-state index contributed by atoms with van der Waals surface area (Å²) >= 11 is 0. The van der Waals surface area contributed by atoms with Crippen molar-refractivity contribution in [2.24, 2.45) is 11.7 Å². The SMILES string of the molecule is CCCO[C@H]1C[C@@H](C(=O)NCCc2nc(Cc3ccccc3)no2)CC[C@@H]1N. The highest BCUT2D eigenvalue weighted by Gasteiger charge is 2.32. The van der Waals surface area contributed by atoms with E-state index in [2.05, 4.69) is 22.4 Å². The van der Waals surface area contributed by atoms with Crippen LogP contribution in [0.1, 0.15) is 49.9 Å². The first kappa shape index (κ1) is 20.5. The monoisotopic (exact) mass is 386 g/mol. The summed E-state index contributed by atoms with van der Waals surface area (Å²) in [5.41, 5.74) is 7.27. The van der Waals surface area contributed by atoms with Gasteiger partial charge in [-0.3, -0.25) is 4.79 Å². The van der Waals surface area contributed by atoms with Gasteiger partial charge in [0.2, 0.25) is 11.8 Å². The molecular formula is C21H30N4O3. The molecule has 3 N–H and O–H groups in total. The Kier molecular flexibility index (Phi) is 7.56. The Hall–Kier alpha value is -2.25. The van der Waals surface area contributed by atoms with Crippen molar-refractivity contribution in [3.05, 3.63) is 47.6 Å². The highest BCUT2D eigenvalue weighted by Crippen LogP contribution is 2.26. The third-order valence-electron chi connectivity index (χ3n) is 5.10. The van der Waals surface area contributed by atoms with E-state index < -0.39 is 0 Å². The lowest BCUT2D eigenvalue weighted by atomic mass is 9.83. The predicted octanol–water partition coefficient (Wildman–Crippen LogP) is 2.24. The Labute approximate surface area is 166 Å². The number of carbonyl (C=O) groups excluding carboxylic acids is 1. The summed E-state index contributed by atoms with van der Waals surface area (Å²) in [5, 5.41) is 7.00. The molecule has 1 fully saturated rings. The number of aromatic nitrogens is 2. The Morgan fingerprint density at radius 1 is 1.32 bits per heavy atom. The van der Waals surface area contributed by atoms with Gasteiger partial charge in [0.25, 0.3) is 0 Å². The molecule has 7 heteroatoms. The quantitative estimate of drug-likeness (QED) is 0.685. The van der Waals surface area contributed by atoms with E-state index in [1.54, 1.807) is 0 Å². The van der Waals surface area contributed by atoms with Crippen LogP contribution in [0.2, 0.25) is 0 Å². The third kappa shape index (κ3) is 5.87. The van der Waals surface area contributed by atoms with Gasteiger partial charge in [-0.15, -0.1) is 0 Å². The van der Waals surface area contributed by atoms with E-state index in [1.165, 1.54) is 0 Å². The summed E-state index contributed by atoms with van der Waals surface area (Å²) in [6.45, 7) is 3.24. The van der Waals surface area contributed by atoms with E-state index >= 15 is 0 Å². The van der Waals surface area contributed by atoms with Crippen molar-refractivity contribution in [3.63, 3.8) is 0 Å². The first-order valence-electron chi connectivity index (χ1n) is 10.2. The molecule has 3 rings (SSSR count). The lowest BCUT2D eigenvalue weighted by Gasteiger charge is -2.33. The number of ether oxygens (including phenoxy) is 1. The second kappa shape index (κ2) is 10.3. The van der Waals surface area contributed by atoms with E-state index in [0.717, 1.165) is 24.8 Å². The maximum atomic E-state index is 12.5. The van der Waals surface area contributed by atoms with Crippen molar-refractivity contribution < 1.29 is 14.1 Å². The molecule has 0 saturated heterocycles. The zero-order valence-corrected chi connectivity index (χ0v) is 16.5. The van der Waals surface area contributed by atoms with Crippen molar-refractivity contribution in [1.82, 2.24) is 15.5 Å². The summed E-state index contributed by atoms with van der Waals surface area (Å²) in [5.74, 6) is 1.21. The molecular weight excluding hydrogens is 356 g/mol. The fourth-order valence-electron chi connectivity index (χ4n) is 3.53. The van der Waals surface area contributed by atoms with Crippen LogP contribution in [0.5, 0.6) is 0 Å². The van der Waals surface area contributed by atoms with Gasteiger partial charge in [-0.25, -0.2) is 0 Å². The summed E-state index contributed by atoms with van der Waals surface area (Å²) in [6.07, 6.45) is 4.40. The minimum Gasteiger partial charge on any atom is -0.377 e. The molecule has 7 nitrogen and oxygen atoms in total. The maximum Gasteiger partial charge on any atom is 0.228 e. The van der Waals surface area contributed by atoms with Crippen LogP contribution in [-0.2, 0) is 22.4 Å². The molecule has 1 aliphatic carbocycles. The molecule has 0 bridgehead atoms. The molecule has 0 unspecified atom stereocenters. The number of rotatable bonds is 9. The number of hydrogen-bond donors (Lipinski definition) is 2. The molecule has 28 heavy (non-hydrogen) atoms. The number of hydrogen-bond acceptors (Lipinski definition) is 6. The number of nitrogens with zero attached hydrogens (tertiary/aromatic N) is 2. The fourth-order valence-corrected chi connectivity index (χ4v) is 3.53. The van der Waals surface area contributed by atoms with Gasteiger partial charge < -0.3 is 20.3 Å². The fraction of sp³-hybridized carbons (Fsp3) is 0.571. The molecule has 1 aromatic carbocycles. The smallest absolute Gasteiger partial charge is 0.228 e. The first-order chi connectivity index (χ1) is 13.7. The van der Waals surface area contributed by atoms with Crippen LogP contribution in [-0.4, -0.2) is 41.3 Å². The van der Waals surface area contributed by atoms with E-state index in [0.29, 0.717) is 44.1 Å². The van der Waals surface area contributed by atoms with Crippen molar-refractivity contribution >= 4 is 5.91 Å². The van der Waals surface area contributed by atoms with Crippen LogP contribution in [0.3, 0.4) is 0 Å². The van der Waals surface area contributed by atoms with Gasteiger partial charge in [0.1, 0.15) is 0 Å². The summed E-state index contributed by atoms with van der Waals surface area (Å²) in [6, 6.07) is 10.0. The largest absolute Gasteiger partial charge is 0.377 e. The number of nitrogens with two attached hydrogens (primary N) is 1. The van der Waals surface area contributed by atoms with Crippen LogP contribution >= 0.6 is 0 Å². The Bertz CT molecular complexity index is 734. The van der Waals surface area contributed by atoms with Crippen LogP contribution in [0.25, 0.3) is 0 Å². The zero-order chi connectivity index (χ0) is 19.8. The number of carbonyl (C=O) groups is 1. The summed E-state index contributed by atoms with van der Waals surface area (Å²) in [4.78, 5) is 16.9. The lowest BCUT2D eigenvalue weighted by Crippen LogP contribution is -2.46. The molecule has 1 heterocycles. The van der Waals surface area contributed by atoms with E-state index in [4.69, 9.17) is 15.0 Å². The standard InChI is InChI=1S/C21H30N4O3/c1-2-12-27-18-14-16(8-9-17(18)22)21(26)23-11-10-20-24-19(25-28-20)13-15-6-4-3-5-7-15/h3-7,16-18H,2,8-14,22H2,1H3,(H,23,26)/t16-,17-,18-/m0/s1. The molecule has 152 valence electrons. The Morgan fingerprint density at radius 2 is 2.14 bits per heavy atom. The Balaban J connectivity index is 1.41. The molecule has 0 spiro atoms. The van der Waals surface area contributed by atoms with Gasteiger partial charge >= 0.3 is 0 Å². The maximum absolute atomic E-state index is 12.5. The van der Waals surface area contributed by atoms with Gasteiger partial charge in [-0.1, -0.05) is 42.4 Å². The molecule has 0 aliphatic heterocycles. The second-order valence-electron chi connectivity index (χ2n) is 7.39. The summed E-state index contributed by atoms with van der Waals surface area (Å²) in [7, 11) is 0. The normalized spacial score (nSPS) is 22.1. The minimum absolute atomic E-state index is 0.0250. The zero-order valence-electron chi connectivity index (χ0n) is 16.5. The molecule has 0 radical (unpaired) electrons. The van der Waals surface area contributed by atoms with E-state index in [1.807, 2.05) is 30.3 Å². The van der Waals surface area contributed by atoms with Crippen molar-refractivity contribution in [3.8, 4) is 0 Å². The van der Waals surface area contributed by atoms with Gasteiger partial charge in [-0.05, 0) is 31.2 Å². The topological polar surface area (TPSA) is 103 Å². The van der Waals surface area contributed by atoms with Gasteiger partial charge in [-0.2, -0.15) is 4.98 Å². The highest BCUT2D eigenvalue weighted by atomic mass is 16.5. The minimum atomic E-state index is -0.0435. The molecule has 3 atom stereocenters. The summed E-state index contributed by atoms with van der Waals surface area (Å²) < 4.78 is 11.1.